The zero-order valence-electron chi connectivity index (χ0n) is 7.71. The molecule has 1 aromatic rings. The van der Waals surface area contributed by atoms with E-state index in [-0.39, 0.29) is 5.56 Å². The largest absolute Gasteiger partial charge is 0.478 e. The lowest BCUT2D eigenvalue weighted by molar-refractivity contribution is 0.0696. The van der Waals surface area contributed by atoms with Gasteiger partial charge in [0.2, 0.25) is 0 Å². The van der Waals surface area contributed by atoms with Gasteiger partial charge in [0.05, 0.1) is 23.4 Å². The second-order valence-corrected chi connectivity index (χ2v) is 3.04. The van der Waals surface area contributed by atoms with Crippen molar-refractivity contribution in [2.75, 3.05) is 0 Å². The van der Waals surface area contributed by atoms with Crippen molar-refractivity contribution in [3.63, 3.8) is 0 Å². The fourth-order valence-electron chi connectivity index (χ4n) is 0.976. The van der Waals surface area contributed by atoms with Crippen LogP contribution in [0.25, 0.3) is 0 Å². The number of aliphatic hydroxyl groups is 1. The minimum Gasteiger partial charge on any atom is -0.478 e. The monoisotopic (exact) mass is 196 g/mol. The summed E-state index contributed by atoms with van der Waals surface area (Å²) in [6, 6.07) is 2.33. The third-order valence-corrected chi connectivity index (χ3v) is 1.89. The lowest BCUT2D eigenvalue weighted by atomic mass is 10.1. The van der Waals surface area contributed by atoms with Gasteiger partial charge in [-0.15, -0.1) is 0 Å². The molecule has 0 saturated heterocycles. The maximum atomic E-state index is 10.5. The standard InChI is InChI=1S/C9H12N2O3/c1-5(12)8(10)7-3-2-6(4-11-7)9(13)14/h2-5,8,12H,10H2,1H3,(H,13,14)/t5-,8+/m0/s1. The van der Waals surface area contributed by atoms with E-state index in [1.807, 2.05) is 0 Å². The molecule has 0 aliphatic carbocycles. The van der Waals surface area contributed by atoms with Crippen LogP contribution in [0.5, 0.6) is 0 Å². The number of nitrogens with two attached hydrogens (primary N) is 1. The number of nitrogens with zero attached hydrogens (tertiary/aromatic N) is 1. The van der Waals surface area contributed by atoms with E-state index in [1.54, 1.807) is 6.92 Å². The molecular weight excluding hydrogens is 184 g/mol. The summed E-state index contributed by atoms with van der Waals surface area (Å²) in [7, 11) is 0. The van der Waals surface area contributed by atoms with Gasteiger partial charge in [0.15, 0.2) is 0 Å². The second-order valence-electron chi connectivity index (χ2n) is 3.04. The van der Waals surface area contributed by atoms with Crippen molar-refractivity contribution in [2.45, 2.75) is 19.1 Å². The van der Waals surface area contributed by atoms with Crippen LogP contribution in [-0.2, 0) is 0 Å². The molecule has 76 valence electrons. The molecule has 0 saturated carbocycles. The molecular formula is C9H12N2O3. The van der Waals surface area contributed by atoms with Gasteiger partial charge in [-0.1, -0.05) is 0 Å². The zero-order valence-corrected chi connectivity index (χ0v) is 7.71. The smallest absolute Gasteiger partial charge is 0.337 e. The molecule has 1 aromatic heterocycles. The highest BCUT2D eigenvalue weighted by molar-refractivity contribution is 5.87. The molecule has 0 bridgehead atoms. The van der Waals surface area contributed by atoms with E-state index in [1.165, 1.54) is 18.3 Å². The summed E-state index contributed by atoms with van der Waals surface area (Å²) in [5.41, 5.74) is 6.18. The lowest BCUT2D eigenvalue weighted by Gasteiger charge is -2.13. The minimum atomic E-state index is -1.03. The number of pyridine rings is 1. The molecule has 4 N–H and O–H groups in total. The second kappa shape index (κ2) is 4.17. The highest BCUT2D eigenvalue weighted by atomic mass is 16.4. The predicted molar refractivity (Wildman–Crippen MR) is 49.8 cm³/mol. The van der Waals surface area contributed by atoms with E-state index in [0.717, 1.165) is 0 Å². The van der Waals surface area contributed by atoms with Crippen molar-refractivity contribution in [1.29, 1.82) is 0 Å². The van der Waals surface area contributed by atoms with Gasteiger partial charge in [-0.05, 0) is 19.1 Å². The van der Waals surface area contributed by atoms with E-state index in [9.17, 15) is 9.90 Å². The summed E-state index contributed by atoms with van der Waals surface area (Å²) in [6.07, 6.45) is 0.512. The maximum absolute atomic E-state index is 10.5. The van der Waals surface area contributed by atoms with E-state index in [0.29, 0.717) is 5.69 Å². The molecule has 1 rings (SSSR count). The summed E-state index contributed by atoms with van der Waals surface area (Å²) >= 11 is 0. The van der Waals surface area contributed by atoms with E-state index in [2.05, 4.69) is 4.98 Å². The van der Waals surface area contributed by atoms with Crippen LogP contribution in [0.15, 0.2) is 18.3 Å². The van der Waals surface area contributed by atoms with Gasteiger partial charge in [0.1, 0.15) is 0 Å². The van der Waals surface area contributed by atoms with Crippen LogP contribution >= 0.6 is 0 Å². The molecule has 5 nitrogen and oxygen atoms in total. The van der Waals surface area contributed by atoms with Crippen LogP contribution in [0.2, 0.25) is 0 Å². The van der Waals surface area contributed by atoms with Crippen molar-refractivity contribution in [3.05, 3.63) is 29.6 Å². The Labute approximate surface area is 81.2 Å². The van der Waals surface area contributed by atoms with Crippen LogP contribution in [-0.4, -0.2) is 27.3 Å². The number of hydrogen-bond acceptors (Lipinski definition) is 4. The van der Waals surface area contributed by atoms with Gasteiger partial charge < -0.3 is 15.9 Å². The number of aromatic carboxylic acids is 1. The highest BCUT2D eigenvalue weighted by Gasteiger charge is 2.13. The Kier molecular flexibility index (Phi) is 3.16. The third kappa shape index (κ3) is 2.27. The molecule has 0 fully saturated rings. The molecule has 1 heterocycles. The topological polar surface area (TPSA) is 96.4 Å². The van der Waals surface area contributed by atoms with Crippen molar-refractivity contribution in [1.82, 2.24) is 4.98 Å². The van der Waals surface area contributed by atoms with Crippen LogP contribution in [0.3, 0.4) is 0 Å². The summed E-state index contributed by atoms with van der Waals surface area (Å²) in [6.45, 7) is 1.55. The van der Waals surface area contributed by atoms with E-state index < -0.39 is 18.1 Å². The average Bonchev–Trinajstić information content (AvgIpc) is 2.16. The molecule has 5 heteroatoms. The van der Waals surface area contributed by atoms with Crippen molar-refractivity contribution in [3.8, 4) is 0 Å². The molecule has 0 aliphatic rings. The number of carbonyl (C=O) groups is 1. The van der Waals surface area contributed by atoms with Crippen LogP contribution in [0, 0.1) is 0 Å². The number of aromatic nitrogens is 1. The number of carboxylic acid groups (broad SMARTS) is 1. The van der Waals surface area contributed by atoms with Gasteiger partial charge in [-0.25, -0.2) is 4.79 Å². The Hall–Kier alpha value is -1.46. The summed E-state index contributed by atoms with van der Waals surface area (Å²) in [5.74, 6) is -1.03. The molecule has 2 atom stereocenters. The van der Waals surface area contributed by atoms with Crippen LogP contribution < -0.4 is 5.73 Å². The molecule has 14 heavy (non-hydrogen) atoms. The van der Waals surface area contributed by atoms with Crippen LogP contribution in [0.4, 0.5) is 0 Å². The Morgan fingerprint density at radius 2 is 2.21 bits per heavy atom. The summed E-state index contributed by atoms with van der Waals surface area (Å²) < 4.78 is 0. The normalized spacial score (nSPS) is 14.8. The first-order chi connectivity index (χ1) is 6.52. The van der Waals surface area contributed by atoms with E-state index >= 15 is 0 Å². The minimum absolute atomic E-state index is 0.103. The molecule has 0 radical (unpaired) electrons. The van der Waals surface area contributed by atoms with Gasteiger partial charge in [0, 0.05) is 6.20 Å². The first-order valence-corrected chi connectivity index (χ1v) is 4.15. The predicted octanol–water partition coefficient (Wildman–Crippen LogP) is 0.160. The number of carboxylic acids is 1. The number of hydrogen-bond donors (Lipinski definition) is 3. The van der Waals surface area contributed by atoms with Crippen molar-refractivity contribution in [2.24, 2.45) is 5.73 Å². The zero-order chi connectivity index (χ0) is 10.7. The molecule has 0 aliphatic heterocycles. The molecule has 0 spiro atoms. The molecule has 0 unspecified atom stereocenters. The Morgan fingerprint density at radius 1 is 1.57 bits per heavy atom. The quantitative estimate of drug-likeness (QED) is 0.639. The molecule has 0 amide bonds. The Balaban J connectivity index is 2.88. The van der Waals surface area contributed by atoms with Gasteiger partial charge in [0.25, 0.3) is 0 Å². The van der Waals surface area contributed by atoms with Gasteiger partial charge >= 0.3 is 5.97 Å². The van der Waals surface area contributed by atoms with Crippen molar-refractivity contribution >= 4 is 5.97 Å². The van der Waals surface area contributed by atoms with Crippen LogP contribution in [0.1, 0.15) is 29.0 Å². The van der Waals surface area contributed by atoms with E-state index in [4.69, 9.17) is 10.8 Å². The van der Waals surface area contributed by atoms with Gasteiger partial charge in [-0.3, -0.25) is 4.98 Å². The SMILES string of the molecule is C[C@H](O)[C@@H](N)c1ccc(C(=O)O)cn1. The van der Waals surface area contributed by atoms with Crippen molar-refractivity contribution < 1.29 is 15.0 Å². The lowest BCUT2D eigenvalue weighted by Crippen LogP contribution is -2.24. The fourth-order valence-corrected chi connectivity index (χ4v) is 0.976. The third-order valence-electron chi connectivity index (χ3n) is 1.89. The number of aliphatic hydroxyl groups excluding tert-OH is 1. The number of rotatable bonds is 3. The van der Waals surface area contributed by atoms with Gasteiger partial charge in [-0.2, -0.15) is 0 Å². The highest BCUT2D eigenvalue weighted by Crippen LogP contribution is 2.11. The fraction of sp³-hybridized carbons (Fsp3) is 0.333. The Morgan fingerprint density at radius 3 is 2.57 bits per heavy atom. The average molecular weight is 196 g/mol. The summed E-state index contributed by atoms with van der Waals surface area (Å²) in [4.78, 5) is 14.4. The molecule has 0 aromatic carbocycles. The maximum Gasteiger partial charge on any atom is 0.337 e. The summed E-state index contributed by atoms with van der Waals surface area (Å²) in [5, 5.41) is 17.8. The first kappa shape index (κ1) is 10.6. The first-order valence-electron chi connectivity index (χ1n) is 4.15. The Bertz CT molecular complexity index is 321.